The van der Waals surface area contributed by atoms with Gasteiger partial charge in [-0.25, -0.2) is 0 Å². The van der Waals surface area contributed by atoms with Gasteiger partial charge in [-0.1, -0.05) is 11.6 Å². The second-order valence-corrected chi connectivity index (χ2v) is 6.01. The summed E-state index contributed by atoms with van der Waals surface area (Å²) >= 11 is 0. The summed E-state index contributed by atoms with van der Waals surface area (Å²) in [7, 11) is 0. The normalized spacial score (nSPS) is 28.1. The smallest absolute Gasteiger partial charge is 0.258 e. The molecule has 3 unspecified atom stereocenters. The second kappa shape index (κ2) is 4.23. The van der Waals surface area contributed by atoms with Crippen LogP contribution < -0.4 is 5.73 Å². The molecular weight excluding hydrogens is 254 g/mol. The molecule has 1 aromatic heterocycles. The molecule has 104 valence electrons. The van der Waals surface area contributed by atoms with Crippen molar-refractivity contribution in [2.75, 3.05) is 5.73 Å². The van der Waals surface area contributed by atoms with Crippen LogP contribution in [0.5, 0.6) is 5.75 Å². The van der Waals surface area contributed by atoms with E-state index in [0.29, 0.717) is 23.1 Å². The first-order valence-corrected chi connectivity index (χ1v) is 7.13. The maximum Gasteiger partial charge on any atom is 0.258 e. The van der Waals surface area contributed by atoms with Gasteiger partial charge in [-0.05, 0) is 49.3 Å². The van der Waals surface area contributed by atoms with Crippen LogP contribution in [0, 0.1) is 11.8 Å². The van der Waals surface area contributed by atoms with Crippen LogP contribution in [-0.2, 0) is 0 Å². The number of benzene rings is 1. The van der Waals surface area contributed by atoms with Gasteiger partial charge in [-0.2, -0.15) is 4.98 Å². The predicted octanol–water partition coefficient (Wildman–Crippen LogP) is 2.93. The van der Waals surface area contributed by atoms with Crippen molar-refractivity contribution in [3.8, 4) is 17.2 Å². The molecule has 0 radical (unpaired) electrons. The Balaban J connectivity index is 1.63. The number of nitrogen functional groups attached to an aromatic ring is 1. The zero-order valence-electron chi connectivity index (χ0n) is 11.1. The lowest BCUT2D eigenvalue weighted by Gasteiger charge is -2.17. The lowest BCUT2D eigenvalue weighted by Crippen LogP contribution is -2.09. The van der Waals surface area contributed by atoms with Crippen LogP contribution in [0.4, 0.5) is 5.69 Å². The third kappa shape index (κ3) is 1.77. The number of phenols is 1. The largest absolute Gasteiger partial charge is 0.506 e. The van der Waals surface area contributed by atoms with Gasteiger partial charge in [-0.3, -0.25) is 0 Å². The molecule has 1 heterocycles. The minimum absolute atomic E-state index is 0.0437. The molecule has 2 aromatic rings. The van der Waals surface area contributed by atoms with Gasteiger partial charge < -0.3 is 15.4 Å². The van der Waals surface area contributed by atoms with Crippen molar-refractivity contribution in [1.82, 2.24) is 10.1 Å². The van der Waals surface area contributed by atoms with Crippen molar-refractivity contribution >= 4 is 5.69 Å². The monoisotopic (exact) mass is 271 g/mol. The molecule has 2 bridgehead atoms. The lowest BCUT2D eigenvalue weighted by molar-refractivity contribution is 0.372. The van der Waals surface area contributed by atoms with E-state index in [1.807, 2.05) is 0 Å². The molecule has 0 spiro atoms. The molecule has 4 rings (SSSR count). The Morgan fingerprint density at radius 2 is 2.15 bits per heavy atom. The SMILES string of the molecule is Nc1ccc(-c2nc(C3CC4CCC3C4)no2)cc1O. The van der Waals surface area contributed by atoms with Gasteiger partial charge >= 0.3 is 0 Å². The Morgan fingerprint density at radius 3 is 2.85 bits per heavy atom. The quantitative estimate of drug-likeness (QED) is 0.648. The number of fused-ring (bicyclic) bond motifs is 2. The number of nitrogens with zero attached hydrogens (tertiary/aromatic N) is 2. The zero-order valence-corrected chi connectivity index (χ0v) is 11.1. The zero-order chi connectivity index (χ0) is 13.7. The van der Waals surface area contributed by atoms with Crippen molar-refractivity contribution in [3.05, 3.63) is 24.0 Å². The molecule has 3 N–H and O–H groups in total. The first-order valence-electron chi connectivity index (χ1n) is 7.13. The summed E-state index contributed by atoms with van der Waals surface area (Å²) in [5, 5.41) is 13.8. The van der Waals surface area contributed by atoms with Crippen LogP contribution in [0.25, 0.3) is 11.5 Å². The van der Waals surface area contributed by atoms with Crippen molar-refractivity contribution in [2.45, 2.75) is 31.6 Å². The van der Waals surface area contributed by atoms with Gasteiger partial charge in [0, 0.05) is 11.5 Å². The summed E-state index contributed by atoms with van der Waals surface area (Å²) in [4.78, 5) is 4.52. The van der Waals surface area contributed by atoms with Crippen LogP contribution >= 0.6 is 0 Å². The number of hydrogen-bond donors (Lipinski definition) is 2. The number of nitrogens with two attached hydrogens (primary N) is 1. The van der Waals surface area contributed by atoms with Crippen molar-refractivity contribution in [2.24, 2.45) is 11.8 Å². The lowest BCUT2D eigenvalue weighted by atomic mass is 9.88. The number of aromatic nitrogens is 2. The number of hydrogen-bond acceptors (Lipinski definition) is 5. The molecule has 20 heavy (non-hydrogen) atoms. The van der Waals surface area contributed by atoms with Crippen molar-refractivity contribution in [3.63, 3.8) is 0 Å². The molecule has 2 saturated carbocycles. The average molecular weight is 271 g/mol. The molecule has 2 aliphatic carbocycles. The fourth-order valence-corrected chi connectivity index (χ4v) is 3.74. The fraction of sp³-hybridized carbons (Fsp3) is 0.467. The van der Waals surface area contributed by atoms with Gasteiger partial charge in [-0.15, -0.1) is 0 Å². The maximum atomic E-state index is 9.65. The molecule has 5 nitrogen and oxygen atoms in total. The summed E-state index contributed by atoms with van der Waals surface area (Å²) in [5.74, 6) is 3.36. The van der Waals surface area contributed by atoms with Gasteiger partial charge in [0.05, 0.1) is 5.69 Å². The van der Waals surface area contributed by atoms with E-state index in [4.69, 9.17) is 10.3 Å². The average Bonchev–Trinajstić information content (AvgIpc) is 3.16. The van der Waals surface area contributed by atoms with Crippen LogP contribution in [0.2, 0.25) is 0 Å². The molecule has 0 saturated heterocycles. The van der Waals surface area contributed by atoms with E-state index in [2.05, 4.69) is 10.1 Å². The molecule has 1 aromatic carbocycles. The highest BCUT2D eigenvalue weighted by molar-refractivity contribution is 5.63. The van der Waals surface area contributed by atoms with E-state index in [9.17, 15) is 5.11 Å². The van der Waals surface area contributed by atoms with Crippen LogP contribution in [0.3, 0.4) is 0 Å². The van der Waals surface area contributed by atoms with Crippen LogP contribution in [0.1, 0.15) is 37.4 Å². The Bertz CT molecular complexity index is 652. The highest BCUT2D eigenvalue weighted by Gasteiger charge is 2.42. The Hall–Kier alpha value is -2.04. The molecule has 2 aliphatic rings. The molecule has 2 fully saturated rings. The fourth-order valence-electron chi connectivity index (χ4n) is 3.74. The van der Waals surface area contributed by atoms with E-state index in [1.165, 1.54) is 25.7 Å². The predicted molar refractivity (Wildman–Crippen MR) is 74.0 cm³/mol. The molecular formula is C15H17N3O2. The highest BCUT2D eigenvalue weighted by atomic mass is 16.5. The van der Waals surface area contributed by atoms with Gasteiger partial charge in [0.1, 0.15) is 5.75 Å². The summed E-state index contributed by atoms with van der Waals surface area (Å²) in [6, 6.07) is 4.99. The molecule has 0 aliphatic heterocycles. The molecule has 3 atom stereocenters. The van der Waals surface area contributed by atoms with Gasteiger partial charge in [0.15, 0.2) is 5.82 Å². The van der Waals surface area contributed by atoms with E-state index in [0.717, 1.165) is 17.7 Å². The third-order valence-electron chi connectivity index (χ3n) is 4.79. The van der Waals surface area contributed by atoms with Crippen LogP contribution in [0.15, 0.2) is 22.7 Å². The number of rotatable bonds is 2. The number of aromatic hydroxyl groups is 1. The molecule has 0 amide bonds. The Morgan fingerprint density at radius 1 is 1.25 bits per heavy atom. The van der Waals surface area contributed by atoms with E-state index in [-0.39, 0.29) is 5.75 Å². The summed E-state index contributed by atoms with van der Waals surface area (Å²) < 4.78 is 5.35. The summed E-state index contributed by atoms with van der Waals surface area (Å²) in [6.07, 6.45) is 5.16. The van der Waals surface area contributed by atoms with Crippen molar-refractivity contribution in [1.29, 1.82) is 0 Å². The van der Waals surface area contributed by atoms with E-state index < -0.39 is 0 Å². The standard InChI is InChI=1S/C15H17N3O2/c16-12-4-3-10(7-13(12)19)15-17-14(18-20-15)11-6-8-1-2-9(11)5-8/h3-4,7-9,11,19H,1-2,5-6,16H2. The Labute approximate surface area is 116 Å². The van der Waals surface area contributed by atoms with E-state index >= 15 is 0 Å². The summed E-state index contributed by atoms with van der Waals surface area (Å²) in [6.45, 7) is 0. The summed E-state index contributed by atoms with van der Waals surface area (Å²) in [5.41, 5.74) is 6.65. The second-order valence-electron chi connectivity index (χ2n) is 6.01. The maximum absolute atomic E-state index is 9.65. The minimum atomic E-state index is 0.0437. The topological polar surface area (TPSA) is 85.2 Å². The first kappa shape index (κ1) is 11.8. The third-order valence-corrected chi connectivity index (χ3v) is 4.79. The van der Waals surface area contributed by atoms with Gasteiger partial charge in [0.25, 0.3) is 5.89 Å². The molecule has 5 heteroatoms. The van der Waals surface area contributed by atoms with E-state index in [1.54, 1.807) is 18.2 Å². The van der Waals surface area contributed by atoms with Crippen molar-refractivity contribution < 1.29 is 9.63 Å². The minimum Gasteiger partial charge on any atom is -0.506 e. The Kier molecular flexibility index (Phi) is 2.49. The number of phenolic OH excluding ortho intramolecular Hbond substituents is 1. The first-order chi connectivity index (χ1) is 9.70. The van der Waals surface area contributed by atoms with Gasteiger partial charge in [0.2, 0.25) is 0 Å². The van der Waals surface area contributed by atoms with Crippen LogP contribution in [-0.4, -0.2) is 15.2 Å². The highest BCUT2D eigenvalue weighted by Crippen LogP contribution is 2.52. The number of anilines is 1.